The summed E-state index contributed by atoms with van der Waals surface area (Å²) in [6, 6.07) is 0. The third-order valence-electron chi connectivity index (χ3n) is 3.82. The highest BCUT2D eigenvalue weighted by atomic mass is 32.5. The molecular formula is C10H16N5O12P3S. The van der Waals surface area contributed by atoms with Gasteiger partial charge in [-0.05, 0) is 11.8 Å². The second kappa shape index (κ2) is 8.78. The van der Waals surface area contributed by atoms with Gasteiger partial charge in [0.2, 0.25) is 0 Å². The molecule has 0 aromatic carbocycles. The summed E-state index contributed by atoms with van der Waals surface area (Å²) in [5, 5.41) is 20.5. The van der Waals surface area contributed by atoms with Crippen LogP contribution >= 0.6 is 22.4 Å². The minimum absolute atomic E-state index is 0.0574. The Balaban J connectivity index is 1.69. The molecule has 6 atom stereocenters. The molecule has 2 unspecified atom stereocenters. The molecule has 3 heterocycles. The lowest BCUT2D eigenvalue weighted by Gasteiger charge is -2.19. The molecule has 1 aliphatic rings. The first kappa shape index (κ1) is 24.7. The van der Waals surface area contributed by atoms with Crippen molar-refractivity contribution in [1.29, 1.82) is 0 Å². The molecule has 174 valence electrons. The van der Waals surface area contributed by atoms with E-state index in [0.29, 0.717) is 0 Å². The first-order valence-corrected chi connectivity index (χ1v) is 13.5. The van der Waals surface area contributed by atoms with E-state index in [1.807, 2.05) is 0 Å². The van der Waals surface area contributed by atoms with Crippen LogP contribution in [-0.2, 0) is 38.8 Å². The maximum atomic E-state index is 11.9. The lowest BCUT2D eigenvalue weighted by Crippen LogP contribution is -2.33. The predicted molar refractivity (Wildman–Crippen MR) is 102 cm³/mol. The number of imidazole rings is 1. The monoisotopic (exact) mass is 523 g/mol. The zero-order valence-electron chi connectivity index (χ0n) is 14.9. The number of nitrogens with two attached hydrogens (primary N) is 1. The Morgan fingerprint density at radius 1 is 1.10 bits per heavy atom. The fourth-order valence-corrected chi connectivity index (χ4v) is 6.41. The highest BCUT2D eigenvalue weighted by Gasteiger charge is 2.46. The van der Waals surface area contributed by atoms with Gasteiger partial charge >= 0.3 is 22.4 Å². The summed E-state index contributed by atoms with van der Waals surface area (Å²) in [5.74, 6) is 0.0574. The largest absolute Gasteiger partial charge is 0.488 e. The molecule has 0 aliphatic carbocycles. The van der Waals surface area contributed by atoms with Gasteiger partial charge in [-0.25, -0.2) is 28.4 Å². The number of nitrogen functional groups attached to an aromatic ring is 1. The van der Waals surface area contributed by atoms with E-state index in [2.05, 4.69) is 39.9 Å². The molecule has 1 aliphatic heterocycles. The summed E-state index contributed by atoms with van der Waals surface area (Å²) in [6.45, 7) is -5.61. The second-order valence-corrected chi connectivity index (χ2v) is 11.9. The third kappa shape index (κ3) is 5.90. The highest BCUT2D eigenvalue weighted by molar-refractivity contribution is 8.08. The molecular weight excluding hydrogens is 507 g/mol. The van der Waals surface area contributed by atoms with Crippen LogP contribution in [0.4, 0.5) is 5.82 Å². The van der Waals surface area contributed by atoms with E-state index in [9.17, 15) is 29.1 Å². The van der Waals surface area contributed by atoms with Gasteiger partial charge in [-0.15, -0.1) is 0 Å². The zero-order valence-corrected chi connectivity index (χ0v) is 18.4. The smallest absolute Gasteiger partial charge is 0.387 e. The van der Waals surface area contributed by atoms with Crippen LogP contribution in [0.15, 0.2) is 12.7 Å². The van der Waals surface area contributed by atoms with Gasteiger partial charge in [0.15, 0.2) is 17.7 Å². The van der Waals surface area contributed by atoms with Crippen molar-refractivity contribution in [2.24, 2.45) is 0 Å². The molecule has 0 spiro atoms. The number of hydrogen-bond donors (Lipinski definition) is 7. The number of ether oxygens (including phenoxy) is 1. The fourth-order valence-electron chi connectivity index (χ4n) is 2.62. The third-order valence-corrected chi connectivity index (χ3v) is 8.22. The lowest BCUT2D eigenvalue weighted by atomic mass is 10.1. The van der Waals surface area contributed by atoms with Crippen LogP contribution in [-0.4, -0.2) is 74.2 Å². The van der Waals surface area contributed by atoms with Crippen molar-refractivity contribution in [3.05, 3.63) is 12.7 Å². The molecule has 2 aromatic rings. The molecule has 1 fully saturated rings. The Hall–Kier alpha value is -0.940. The standard InChI is InChI=1S/C10H16N5O12P3S/c11-8-5-9(13-2-12-8)15(3-14-5)10-7(17)6(16)4(25-10)1-24-28(18,19)26-29(20,21)27-30(22,23)31/h2-4,6-7,10,16-17H,1H2,(H,18,19)(H,20,21)(H2,11,12,13)(H2,22,23,31)/t4?,6-,7?,10-/m1/s1. The molecule has 0 saturated carbocycles. The van der Waals surface area contributed by atoms with Gasteiger partial charge in [-0.3, -0.25) is 9.09 Å². The second-order valence-electron chi connectivity index (χ2n) is 6.02. The van der Waals surface area contributed by atoms with E-state index < -0.39 is 53.5 Å². The van der Waals surface area contributed by atoms with E-state index in [4.69, 9.17) is 20.3 Å². The number of hydrogen-bond acceptors (Lipinski definition) is 13. The number of aromatic nitrogens is 4. The van der Waals surface area contributed by atoms with Crippen molar-refractivity contribution >= 4 is 51.2 Å². The molecule has 0 bridgehead atoms. The van der Waals surface area contributed by atoms with Crippen LogP contribution < -0.4 is 5.73 Å². The Kier molecular flexibility index (Phi) is 6.99. The SMILES string of the molecule is Nc1ncnc2c1ncn2[C@@H]1OC(CO[P@](=O)(O)O[P@](=O)(O)OP(O)(O)=S)[C@@H](O)C1O. The summed E-state index contributed by atoms with van der Waals surface area (Å²) in [6.07, 6.45) is -3.53. The Morgan fingerprint density at radius 2 is 1.77 bits per heavy atom. The molecule has 3 rings (SSSR count). The Bertz CT molecular complexity index is 1110. The van der Waals surface area contributed by atoms with Crippen LogP contribution in [0.5, 0.6) is 0 Å². The summed E-state index contributed by atoms with van der Waals surface area (Å²) < 4.78 is 42.1. The number of fused-ring (bicyclic) bond motifs is 1. The predicted octanol–water partition coefficient (Wildman–Crippen LogP) is -1.51. The van der Waals surface area contributed by atoms with E-state index >= 15 is 0 Å². The van der Waals surface area contributed by atoms with Crippen molar-refractivity contribution in [3.8, 4) is 0 Å². The number of aliphatic hydroxyl groups excluding tert-OH is 2. The summed E-state index contributed by atoms with van der Waals surface area (Å²) in [7, 11) is -10.8. The maximum absolute atomic E-state index is 11.9. The minimum Gasteiger partial charge on any atom is -0.387 e. The average Bonchev–Trinajstić information content (AvgIpc) is 3.13. The molecule has 0 amide bonds. The van der Waals surface area contributed by atoms with Crippen molar-refractivity contribution in [1.82, 2.24) is 19.5 Å². The van der Waals surface area contributed by atoms with Gasteiger partial charge in [0.1, 0.15) is 30.2 Å². The Morgan fingerprint density at radius 3 is 2.42 bits per heavy atom. The number of phosphoric acid groups is 2. The fraction of sp³-hybridized carbons (Fsp3) is 0.500. The number of nitrogens with zero attached hydrogens (tertiary/aromatic N) is 4. The van der Waals surface area contributed by atoms with Crippen molar-refractivity contribution in [3.63, 3.8) is 0 Å². The zero-order chi connectivity index (χ0) is 23.2. The topological polar surface area (TPSA) is 262 Å². The molecule has 17 nitrogen and oxygen atoms in total. The first-order chi connectivity index (χ1) is 14.2. The van der Waals surface area contributed by atoms with Crippen molar-refractivity contribution < 1.29 is 56.8 Å². The normalized spacial score (nSPS) is 28.5. The van der Waals surface area contributed by atoms with Crippen LogP contribution in [0.25, 0.3) is 11.2 Å². The summed E-state index contributed by atoms with van der Waals surface area (Å²) in [4.78, 5) is 48.2. The first-order valence-electron chi connectivity index (χ1n) is 7.92. The number of aliphatic hydroxyl groups is 2. The van der Waals surface area contributed by atoms with Crippen LogP contribution in [0.2, 0.25) is 0 Å². The molecule has 2 aromatic heterocycles. The van der Waals surface area contributed by atoms with E-state index in [1.165, 1.54) is 10.9 Å². The minimum atomic E-state index is -5.49. The summed E-state index contributed by atoms with van der Waals surface area (Å²) >= 11 is 3.97. The molecule has 0 radical (unpaired) electrons. The van der Waals surface area contributed by atoms with E-state index in [-0.39, 0.29) is 17.0 Å². The number of rotatable bonds is 8. The molecule has 1 saturated heterocycles. The van der Waals surface area contributed by atoms with Gasteiger partial charge in [0.05, 0.1) is 12.9 Å². The van der Waals surface area contributed by atoms with Crippen LogP contribution in [0, 0.1) is 0 Å². The number of anilines is 1. The van der Waals surface area contributed by atoms with Gasteiger partial charge in [0.25, 0.3) is 0 Å². The molecule has 31 heavy (non-hydrogen) atoms. The molecule has 8 N–H and O–H groups in total. The van der Waals surface area contributed by atoms with Crippen molar-refractivity contribution in [2.75, 3.05) is 12.3 Å². The summed E-state index contributed by atoms with van der Waals surface area (Å²) in [5.41, 5.74) is 6.05. The maximum Gasteiger partial charge on any atom is 0.488 e. The quantitative estimate of drug-likeness (QED) is 0.194. The van der Waals surface area contributed by atoms with Gasteiger partial charge < -0.3 is 40.3 Å². The van der Waals surface area contributed by atoms with Gasteiger partial charge in [-0.2, -0.15) is 4.31 Å². The average molecular weight is 523 g/mol. The molecule has 21 heteroatoms. The van der Waals surface area contributed by atoms with E-state index in [1.54, 1.807) is 0 Å². The van der Waals surface area contributed by atoms with Crippen LogP contribution in [0.1, 0.15) is 6.23 Å². The Labute approximate surface area is 177 Å². The van der Waals surface area contributed by atoms with E-state index in [0.717, 1.165) is 6.33 Å². The van der Waals surface area contributed by atoms with Gasteiger partial charge in [-0.1, -0.05) is 0 Å². The van der Waals surface area contributed by atoms with Crippen LogP contribution in [0.3, 0.4) is 0 Å². The lowest BCUT2D eigenvalue weighted by molar-refractivity contribution is -0.0503. The van der Waals surface area contributed by atoms with Gasteiger partial charge in [0, 0.05) is 0 Å². The highest BCUT2D eigenvalue weighted by Crippen LogP contribution is 2.66. The number of phosphoric ester groups is 1. The van der Waals surface area contributed by atoms with Crippen molar-refractivity contribution in [2.45, 2.75) is 24.5 Å².